The second-order valence-corrected chi connectivity index (χ2v) is 6.92. The van der Waals surface area contributed by atoms with Crippen molar-refractivity contribution in [2.75, 3.05) is 0 Å². The summed E-state index contributed by atoms with van der Waals surface area (Å²) in [6.07, 6.45) is 5.88. The molecule has 0 radical (unpaired) electrons. The maximum atomic E-state index is 6.02. The summed E-state index contributed by atoms with van der Waals surface area (Å²) in [5, 5.41) is 0. The molecule has 0 aliphatic carbocycles. The number of hydrogen-bond acceptors (Lipinski definition) is 3. The van der Waals surface area contributed by atoms with Crippen molar-refractivity contribution in [3.8, 4) is 11.4 Å². The van der Waals surface area contributed by atoms with Gasteiger partial charge < -0.3 is 13.9 Å². The number of nitrogens with zero attached hydrogens (tertiary/aromatic N) is 2. The van der Waals surface area contributed by atoms with Gasteiger partial charge in [-0.2, -0.15) is 0 Å². The average molecular weight is 336 g/mol. The SMILES string of the molecule is C=Cc1c(/C=C\C)nc(-c2ccc(B3OC(C)C(C)(C)O3)cc2)n1C. The summed E-state index contributed by atoms with van der Waals surface area (Å²) < 4.78 is 14.0. The summed E-state index contributed by atoms with van der Waals surface area (Å²) >= 11 is 0. The Balaban J connectivity index is 1.90. The molecule has 130 valence electrons. The third kappa shape index (κ3) is 3.22. The van der Waals surface area contributed by atoms with Crippen LogP contribution in [0.1, 0.15) is 39.1 Å². The van der Waals surface area contributed by atoms with Gasteiger partial charge in [0, 0.05) is 12.6 Å². The highest BCUT2D eigenvalue weighted by atomic mass is 16.7. The van der Waals surface area contributed by atoms with Gasteiger partial charge in [0.05, 0.1) is 23.1 Å². The van der Waals surface area contributed by atoms with Gasteiger partial charge in [-0.05, 0) is 45.3 Å². The van der Waals surface area contributed by atoms with Crippen molar-refractivity contribution in [2.24, 2.45) is 7.05 Å². The molecule has 0 N–H and O–H groups in total. The van der Waals surface area contributed by atoms with E-state index in [2.05, 4.69) is 37.1 Å². The fourth-order valence-corrected chi connectivity index (χ4v) is 3.00. The van der Waals surface area contributed by atoms with Crippen LogP contribution in [0.3, 0.4) is 0 Å². The highest BCUT2D eigenvalue weighted by Crippen LogP contribution is 2.27. The minimum atomic E-state index is -0.317. The molecular formula is C20H25BN2O2. The first-order valence-electron chi connectivity index (χ1n) is 8.63. The van der Waals surface area contributed by atoms with E-state index in [1.807, 2.05) is 51.3 Å². The number of imidazole rings is 1. The second-order valence-electron chi connectivity index (χ2n) is 6.92. The maximum absolute atomic E-state index is 6.02. The van der Waals surface area contributed by atoms with Crippen LogP contribution < -0.4 is 5.46 Å². The molecule has 1 aliphatic heterocycles. The first-order valence-corrected chi connectivity index (χ1v) is 8.63. The topological polar surface area (TPSA) is 36.3 Å². The van der Waals surface area contributed by atoms with Crippen LogP contribution in [0.25, 0.3) is 23.5 Å². The van der Waals surface area contributed by atoms with Crippen molar-refractivity contribution >= 4 is 24.7 Å². The first-order chi connectivity index (χ1) is 11.9. The minimum Gasteiger partial charge on any atom is -0.402 e. The lowest BCUT2D eigenvalue weighted by molar-refractivity contribution is 0.0842. The van der Waals surface area contributed by atoms with Gasteiger partial charge in [-0.25, -0.2) is 4.98 Å². The Morgan fingerprint density at radius 2 is 1.96 bits per heavy atom. The standard InChI is InChI=1S/C20H25BN2O2/c1-7-9-17-18(8-2)23(6)19(22-17)15-10-12-16(13-11-15)21-24-14(3)20(4,5)25-21/h7-14H,2H2,1,3-6H3/b9-7-. The largest absolute Gasteiger partial charge is 0.494 e. The van der Waals surface area contributed by atoms with Gasteiger partial charge >= 0.3 is 7.12 Å². The Kier molecular flexibility index (Phi) is 4.72. The molecule has 5 heteroatoms. The van der Waals surface area contributed by atoms with Crippen LogP contribution in [0.15, 0.2) is 36.9 Å². The maximum Gasteiger partial charge on any atom is 0.494 e. The smallest absolute Gasteiger partial charge is 0.402 e. The van der Waals surface area contributed by atoms with Gasteiger partial charge in [-0.1, -0.05) is 36.9 Å². The van der Waals surface area contributed by atoms with Crippen LogP contribution in [0.2, 0.25) is 0 Å². The predicted octanol–water partition coefficient (Wildman–Crippen LogP) is 3.67. The molecule has 1 unspecified atom stereocenters. The molecule has 0 bridgehead atoms. The highest BCUT2D eigenvalue weighted by Gasteiger charge is 2.43. The summed E-state index contributed by atoms with van der Waals surface area (Å²) in [6, 6.07) is 8.22. The molecule has 1 atom stereocenters. The van der Waals surface area contributed by atoms with Crippen LogP contribution in [-0.4, -0.2) is 28.4 Å². The molecule has 1 aliphatic rings. The Labute approximate surface area is 150 Å². The number of benzene rings is 1. The molecule has 1 aromatic carbocycles. The Hall–Kier alpha value is -2.11. The van der Waals surface area contributed by atoms with Crippen LogP contribution in [-0.2, 0) is 16.4 Å². The molecule has 0 amide bonds. The lowest BCUT2D eigenvalue weighted by atomic mass is 9.79. The molecule has 3 rings (SSSR count). The predicted molar refractivity (Wildman–Crippen MR) is 105 cm³/mol. The molecule has 0 spiro atoms. The fraction of sp³-hybridized carbons (Fsp3) is 0.350. The third-order valence-electron chi connectivity index (χ3n) is 4.84. The van der Waals surface area contributed by atoms with Gasteiger partial charge in [0.25, 0.3) is 0 Å². The van der Waals surface area contributed by atoms with Crippen LogP contribution in [0, 0.1) is 0 Å². The van der Waals surface area contributed by atoms with Gasteiger partial charge in [-0.15, -0.1) is 0 Å². The first kappa shape index (κ1) is 17.7. The van der Waals surface area contributed by atoms with Crippen molar-refractivity contribution in [2.45, 2.75) is 39.4 Å². The monoisotopic (exact) mass is 336 g/mol. The Morgan fingerprint density at radius 1 is 1.28 bits per heavy atom. The van der Waals surface area contributed by atoms with E-state index >= 15 is 0 Å². The normalized spacial score (nSPS) is 19.7. The van der Waals surface area contributed by atoms with Crippen LogP contribution in [0.4, 0.5) is 0 Å². The summed E-state index contributed by atoms with van der Waals surface area (Å²) in [6.45, 7) is 12.0. The van der Waals surface area contributed by atoms with Crippen molar-refractivity contribution < 1.29 is 9.31 Å². The minimum absolute atomic E-state index is 0.0604. The summed E-state index contributed by atoms with van der Waals surface area (Å²) in [4.78, 5) is 4.75. The lowest BCUT2D eigenvalue weighted by Crippen LogP contribution is -2.34. The van der Waals surface area contributed by atoms with Crippen molar-refractivity contribution in [1.82, 2.24) is 9.55 Å². The quantitative estimate of drug-likeness (QED) is 0.800. The van der Waals surface area contributed by atoms with E-state index in [9.17, 15) is 0 Å². The number of aromatic nitrogens is 2. The molecule has 1 saturated heterocycles. The van der Waals surface area contributed by atoms with E-state index in [1.165, 1.54) is 0 Å². The highest BCUT2D eigenvalue weighted by molar-refractivity contribution is 6.62. The van der Waals surface area contributed by atoms with Gasteiger partial charge in [0.2, 0.25) is 0 Å². The van der Waals surface area contributed by atoms with Gasteiger partial charge in [0.15, 0.2) is 0 Å². The van der Waals surface area contributed by atoms with Crippen molar-refractivity contribution in [3.63, 3.8) is 0 Å². The van der Waals surface area contributed by atoms with E-state index < -0.39 is 0 Å². The molecule has 1 aromatic heterocycles. The van der Waals surface area contributed by atoms with E-state index in [4.69, 9.17) is 14.3 Å². The summed E-state index contributed by atoms with van der Waals surface area (Å²) in [7, 11) is 1.69. The molecule has 1 fully saturated rings. The molecule has 4 nitrogen and oxygen atoms in total. The van der Waals surface area contributed by atoms with Crippen LogP contribution in [0.5, 0.6) is 0 Å². The van der Waals surface area contributed by atoms with Gasteiger partial charge in [-0.3, -0.25) is 0 Å². The number of rotatable bonds is 4. The molecule has 0 saturated carbocycles. The van der Waals surface area contributed by atoms with Crippen molar-refractivity contribution in [3.05, 3.63) is 48.3 Å². The fourth-order valence-electron chi connectivity index (χ4n) is 3.00. The summed E-state index contributed by atoms with van der Waals surface area (Å²) in [5.74, 6) is 0.913. The zero-order chi connectivity index (χ0) is 18.2. The number of hydrogen-bond donors (Lipinski definition) is 0. The Morgan fingerprint density at radius 3 is 2.48 bits per heavy atom. The van der Waals surface area contributed by atoms with E-state index in [1.54, 1.807) is 0 Å². The van der Waals surface area contributed by atoms with E-state index in [0.717, 1.165) is 28.2 Å². The molecule has 25 heavy (non-hydrogen) atoms. The van der Waals surface area contributed by atoms with Crippen molar-refractivity contribution in [1.29, 1.82) is 0 Å². The molecular weight excluding hydrogens is 311 g/mol. The zero-order valence-corrected chi connectivity index (χ0v) is 15.6. The lowest BCUT2D eigenvalue weighted by Gasteiger charge is -2.21. The molecule has 2 aromatic rings. The third-order valence-corrected chi connectivity index (χ3v) is 4.84. The zero-order valence-electron chi connectivity index (χ0n) is 15.6. The van der Waals surface area contributed by atoms with E-state index in [-0.39, 0.29) is 18.8 Å². The molecule has 2 heterocycles. The average Bonchev–Trinajstić information content (AvgIpc) is 3.04. The summed E-state index contributed by atoms with van der Waals surface area (Å²) in [5.41, 5.74) is 3.74. The number of allylic oxidation sites excluding steroid dienone is 1. The van der Waals surface area contributed by atoms with Crippen LogP contribution >= 0.6 is 0 Å². The van der Waals surface area contributed by atoms with E-state index in [0.29, 0.717) is 0 Å². The second kappa shape index (κ2) is 6.66. The Bertz CT molecular complexity index is 806. The van der Waals surface area contributed by atoms with Gasteiger partial charge in [0.1, 0.15) is 5.82 Å².